The van der Waals surface area contributed by atoms with Crippen LogP contribution in [0.15, 0.2) is 24.3 Å². The molecular weight excluding hydrogens is 270 g/mol. The minimum absolute atomic E-state index is 0.0655. The zero-order valence-electron chi connectivity index (χ0n) is 12.3. The Morgan fingerprint density at radius 3 is 2.67 bits per heavy atom. The van der Waals surface area contributed by atoms with E-state index in [9.17, 15) is 9.59 Å². The van der Waals surface area contributed by atoms with Crippen LogP contribution in [0.1, 0.15) is 38.2 Å². The highest BCUT2D eigenvalue weighted by Gasteiger charge is 2.37. The molecule has 2 N–H and O–H groups in total. The van der Waals surface area contributed by atoms with E-state index in [-0.39, 0.29) is 12.5 Å². The molecule has 1 aromatic carbocycles. The van der Waals surface area contributed by atoms with Gasteiger partial charge < -0.3 is 15.2 Å². The highest BCUT2D eigenvalue weighted by Crippen LogP contribution is 2.32. The molecule has 21 heavy (non-hydrogen) atoms. The zero-order chi connectivity index (χ0) is 15.4. The lowest BCUT2D eigenvalue weighted by Crippen LogP contribution is -2.44. The van der Waals surface area contributed by atoms with E-state index in [0.29, 0.717) is 11.7 Å². The first-order valence-corrected chi connectivity index (χ1v) is 7.22. The first-order valence-electron chi connectivity index (χ1n) is 7.22. The number of carboxylic acids is 1. The summed E-state index contributed by atoms with van der Waals surface area (Å²) in [5.41, 5.74) is 1.13. The molecule has 0 spiro atoms. The van der Waals surface area contributed by atoms with E-state index < -0.39 is 17.9 Å². The van der Waals surface area contributed by atoms with Gasteiger partial charge in [-0.15, -0.1) is 0 Å². The molecule has 0 aliphatic heterocycles. The molecule has 1 saturated carbocycles. The van der Waals surface area contributed by atoms with Crippen LogP contribution >= 0.6 is 0 Å². The molecule has 0 bridgehead atoms. The van der Waals surface area contributed by atoms with Crippen LogP contribution in [0.5, 0.6) is 5.75 Å². The van der Waals surface area contributed by atoms with Crippen LogP contribution < -0.4 is 10.1 Å². The van der Waals surface area contributed by atoms with Gasteiger partial charge in [0.15, 0.2) is 6.61 Å². The number of hydrogen-bond acceptors (Lipinski definition) is 3. The van der Waals surface area contributed by atoms with Crippen LogP contribution in [-0.2, 0) is 9.59 Å². The summed E-state index contributed by atoms with van der Waals surface area (Å²) >= 11 is 0. The summed E-state index contributed by atoms with van der Waals surface area (Å²) in [7, 11) is 0. The van der Waals surface area contributed by atoms with Crippen molar-refractivity contribution in [2.24, 2.45) is 5.92 Å². The van der Waals surface area contributed by atoms with E-state index >= 15 is 0 Å². The summed E-state index contributed by atoms with van der Waals surface area (Å²) in [6, 6.07) is 6.78. The Balaban J connectivity index is 1.86. The van der Waals surface area contributed by atoms with Crippen molar-refractivity contribution in [2.45, 2.75) is 38.6 Å². The normalized spacial score (nSPS) is 15.6. The molecule has 1 atom stereocenters. The van der Waals surface area contributed by atoms with Crippen LogP contribution in [0.3, 0.4) is 0 Å². The van der Waals surface area contributed by atoms with E-state index in [1.54, 1.807) is 6.07 Å². The lowest BCUT2D eigenvalue weighted by molar-refractivity contribution is -0.142. The maximum atomic E-state index is 11.8. The summed E-state index contributed by atoms with van der Waals surface area (Å²) in [4.78, 5) is 22.8. The van der Waals surface area contributed by atoms with E-state index in [4.69, 9.17) is 9.84 Å². The third-order valence-corrected chi connectivity index (χ3v) is 3.57. The molecule has 0 aromatic heterocycles. The maximum Gasteiger partial charge on any atom is 0.326 e. The van der Waals surface area contributed by atoms with Gasteiger partial charge in [0.05, 0.1) is 0 Å². The monoisotopic (exact) mass is 291 g/mol. The van der Waals surface area contributed by atoms with Gasteiger partial charge in [0.2, 0.25) is 0 Å². The second-order valence-electron chi connectivity index (χ2n) is 5.74. The van der Waals surface area contributed by atoms with Gasteiger partial charge in [-0.1, -0.05) is 26.0 Å². The van der Waals surface area contributed by atoms with Crippen molar-refractivity contribution >= 4 is 11.9 Å². The Morgan fingerprint density at radius 2 is 2.10 bits per heavy atom. The fourth-order valence-corrected chi connectivity index (χ4v) is 2.14. The number of ether oxygens (including phenoxy) is 1. The molecule has 0 radical (unpaired) electrons. The number of carbonyl (C=O) groups is 2. The van der Waals surface area contributed by atoms with Crippen molar-refractivity contribution in [3.05, 3.63) is 29.8 Å². The molecule has 114 valence electrons. The van der Waals surface area contributed by atoms with Crippen LogP contribution in [-0.4, -0.2) is 29.6 Å². The molecule has 1 aromatic rings. The summed E-state index contributed by atoms with van der Waals surface area (Å²) in [5, 5.41) is 11.6. The molecule has 1 unspecified atom stereocenters. The van der Waals surface area contributed by atoms with E-state index in [1.807, 2.05) is 18.2 Å². The number of amides is 1. The van der Waals surface area contributed by atoms with Crippen molar-refractivity contribution in [1.82, 2.24) is 5.32 Å². The molecular formula is C16H21NO4. The molecule has 5 heteroatoms. The molecule has 1 aliphatic carbocycles. The van der Waals surface area contributed by atoms with Crippen LogP contribution in [0.25, 0.3) is 0 Å². The zero-order valence-corrected chi connectivity index (χ0v) is 12.3. The lowest BCUT2D eigenvalue weighted by Gasteiger charge is -2.14. The lowest BCUT2D eigenvalue weighted by atomic mass is 10.0. The first-order chi connectivity index (χ1) is 9.97. The third kappa shape index (κ3) is 4.48. The van der Waals surface area contributed by atoms with Gasteiger partial charge in [0.25, 0.3) is 5.91 Å². The molecule has 5 nitrogen and oxygen atoms in total. The summed E-state index contributed by atoms with van der Waals surface area (Å²) in [6.07, 6.45) is 1.71. The smallest absolute Gasteiger partial charge is 0.326 e. The topological polar surface area (TPSA) is 75.6 Å². The standard InChI is InChI=1S/C16H21NO4/c1-10(2)12-4-3-5-13(8-12)21-9-14(18)17-15(16(19)20)11-6-7-11/h3-5,8,10-11,15H,6-7,9H2,1-2H3,(H,17,18)(H,19,20). The molecule has 0 heterocycles. The SMILES string of the molecule is CC(C)c1cccc(OCC(=O)NC(C(=O)O)C2CC2)c1. The fourth-order valence-electron chi connectivity index (χ4n) is 2.14. The molecule has 1 aliphatic rings. The average Bonchev–Trinajstić information content (AvgIpc) is 3.27. The van der Waals surface area contributed by atoms with E-state index in [0.717, 1.165) is 18.4 Å². The van der Waals surface area contributed by atoms with Crippen LogP contribution in [0.2, 0.25) is 0 Å². The Hall–Kier alpha value is -2.04. The molecule has 0 saturated heterocycles. The number of rotatable bonds is 7. The highest BCUT2D eigenvalue weighted by atomic mass is 16.5. The van der Waals surface area contributed by atoms with Gasteiger partial charge >= 0.3 is 5.97 Å². The minimum Gasteiger partial charge on any atom is -0.484 e. The Kier molecular flexibility index (Phi) is 4.83. The number of carboxylic acid groups (broad SMARTS) is 1. The van der Waals surface area contributed by atoms with Gasteiger partial charge in [0, 0.05) is 0 Å². The first kappa shape index (κ1) is 15.4. The summed E-state index contributed by atoms with van der Waals surface area (Å²) < 4.78 is 5.43. The van der Waals surface area contributed by atoms with Crippen LogP contribution in [0, 0.1) is 5.92 Å². The number of carbonyl (C=O) groups excluding carboxylic acids is 1. The van der Waals surface area contributed by atoms with Gasteiger partial charge in [0.1, 0.15) is 11.8 Å². The van der Waals surface area contributed by atoms with Gasteiger partial charge in [-0.2, -0.15) is 0 Å². The molecule has 2 rings (SSSR count). The van der Waals surface area contributed by atoms with Gasteiger partial charge in [-0.25, -0.2) is 4.79 Å². The number of hydrogen-bond donors (Lipinski definition) is 2. The second-order valence-corrected chi connectivity index (χ2v) is 5.74. The maximum absolute atomic E-state index is 11.8. The highest BCUT2D eigenvalue weighted by molar-refractivity contribution is 5.84. The van der Waals surface area contributed by atoms with Crippen molar-refractivity contribution in [2.75, 3.05) is 6.61 Å². The minimum atomic E-state index is -0.979. The summed E-state index contributed by atoms with van der Waals surface area (Å²) in [5.74, 6) is -0.309. The average molecular weight is 291 g/mol. The van der Waals surface area contributed by atoms with E-state index in [1.165, 1.54) is 0 Å². The predicted octanol–water partition coefficient (Wildman–Crippen LogP) is 2.17. The fraction of sp³-hybridized carbons (Fsp3) is 0.500. The van der Waals surface area contributed by atoms with Gasteiger partial charge in [-0.3, -0.25) is 4.79 Å². The van der Waals surface area contributed by atoms with Crippen LogP contribution in [0.4, 0.5) is 0 Å². The second kappa shape index (κ2) is 6.61. The Bertz CT molecular complexity index is 523. The Morgan fingerprint density at radius 1 is 1.38 bits per heavy atom. The largest absolute Gasteiger partial charge is 0.484 e. The van der Waals surface area contributed by atoms with Crippen molar-refractivity contribution < 1.29 is 19.4 Å². The number of benzene rings is 1. The molecule has 1 amide bonds. The summed E-state index contributed by atoms with van der Waals surface area (Å²) in [6.45, 7) is 4.00. The Labute approximate surface area is 124 Å². The third-order valence-electron chi connectivity index (χ3n) is 3.57. The predicted molar refractivity (Wildman–Crippen MR) is 78.3 cm³/mol. The van der Waals surface area contributed by atoms with Crippen molar-refractivity contribution in [3.63, 3.8) is 0 Å². The van der Waals surface area contributed by atoms with E-state index in [2.05, 4.69) is 19.2 Å². The van der Waals surface area contributed by atoms with Crippen molar-refractivity contribution in [1.29, 1.82) is 0 Å². The molecule has 1 fully saturated rings. The van der Waals surface area contributed by atoms with Crippen molar-refractivity contribution in [3.8, 4) is 5.75 Å². The number of aliphatic carboxylic acids is 1. The van der Waals surface area contributed by atoms with Gasteiger partial charge in [-0.05, 0) is 42.4 Å². The quantitative estimate of drug-likeness (QED) is 0.807. The number of nitrogens with one attached hydrogen (secondary N) is 1.